The zero-order valence-corrected chi connectivity index (χ0v) is 17.7. The Labute approximate surface area is 171 Å². The molecule has 0 saturated carbocycles. The minimum Gasteiger partial charge on any atom is -0.493 e. The highest BCUT2D eigenvalue weighted by Gasteiger charge is 2.14. The highest BCUT2D eigenvalue weighted by Crippen LogP contribution is 2.33. The second-order valence-electron chi connectivity index (χ2n) is 5.94. The lowest BCUT2D eigenvalue weighted by atomic mass is 10.2. The number of para-hydroxylation sites is 1. The topological polar surface area (TPSA) is 89.5 Å². The molecule has 8 nitrogen and oxygen atoms in total. The van der Waals surface area contributed by atoms with Crippen molar-refractivity contribution in [3.63, 3.8) is 0 Å². The number of carbonyl (C=O) groups is 1. The van der Waals surface area contributed by atoms with Gasteiger partial charge >= 0.3 is 0 Å². The van der Waals surface area contributed by atoms with Gasteiger partial charge in [0.25, 0.3) is 0 Å². The van der Waals surface area contributed by atoms with Gasteiger partial charge in [0.15, 0.2) is 22.3 Å². The van der Waals surface area contributed by atoms with Gasteiger partial charge in [-0.3, -0.25) is 4.79 Å². The highest BCUT2D eigenvalue weighted by molar-refractivity contribution is 8.00. The number of anilines is 1. The van der Waals surface area contributed by atoms with Crippen LogP contribution < -0.4 is 19.7 Å². The number of ether oxygens (including phenoxy) is 2. The zero-order valence-electron chi connectivity index (χ0n) is 16.1. The molecule has 2 aromatic heterocycles. The van der Waals surface area contributed by atoms with E-state index in [2.05, 4.69) is 20.3 Å². The fourth-order valence-corrected chi connectivity index (χ4v) is 4.33. The van der Waals surface area contributed by atoms with Crippen molar-refractivity contribution < 1.29 is 14.3 Å². The van der Waals surface area contributed by atoms with Gasteiger partial charge in [0.1, 0.15) is 16.1 Å². The maximum atomic E-state index is 12.3. The van der Waals surface area contributed by atoms with Gasteiger partial charge in [0, 0.05) is 26.2 Å². The fourth-order valence-electron chi connectivity index (χ4n) is 2.49. The maximum absolute atomic E-state index is 12.3. The van der Waals surface area contributed by atoms with Crippen LogP contribution in [0.5, 0.6) is 11.5 Å². The van der Waals surface area contributed by atoms with Crippen molar-refractivity contribution in [2.75, 3.05) is 39.0 Å². The largest absolute Gasteiger partial charge is 0.493 e. The number of rotatable bonds is 8. The van der Waals surface area contributed by atoms with Crippen molar-refractivity contribution >= 4 is 44.5 Å². The molecule has 0 unspecified atom stereocenters. The first-order valence-electron chi connectivity index (χ1n) is 8.41. The number of amides is 1. The molecule has 28 heavy (non-hydrogen) atoms. The first-order valence-corrected chi connectivity index (χ1v) is 10.2. The van der Waals surface area contributed by atoms with E-state index in [1.54, 1.807) is 14.2 Å². The number of nitrogens with zero attached hydrogens (tertiary/aromatic N) is 4. The summed E-state index contributed by atoms with van der Waals surface area (Å²) in [7, 11) is 7.02. The quantitative estimate of drug-likeness (QED) is 0.440. The zero-order chi connectivity index (χ0) is 20.1. The first kappa shape index (κ1) is 20.2. The van der Waals surface area contributed by atoms with Crippen LogP contribution in [0.4, 0.5) is 5.13 Å². The molecule has 0 saturated heterocycles. The lowest BCUT2D eigenvalue weighted by Crippen LogP contribution is -2.24. The number of carbonyl (C=O) groups excluding carboxylic acids is 1. The Hall–Kier alpha value is -2.59. The number of hydrogen-bond donors (Lipinski definition) is 1. The van der Waals surface area contributed by atoms with Crippen LogP contribution in [-0.4, -0.2) is 54.9 Å². The van der Waals surface area contributed by atoms with E-state index in [1.807, 2.05) is 37.2 Å². The van der Waals surface area contributed by atoms with Gasteiger partial charge in [-0.2, -0.15) is 4.98 Å². The van der Waals surface area contributed by atoms with E-state index < -0.39 is 0 Å². The molecule has 0 fully saturated rings. The second kappa shape index (κ2) is 9.07. The number of fused-ring (bicyclic) bond motifs is 1. The molecule has 1 N–H and O–H groups in total. The van der Waals surface area contributed by atoms with Gasteiger partial charge in [-0.25, -0.2) is 9.97 Å². The van der Waals surface area contributed by atoms with Crippen molar-refractivity contribution in [1.82, 2.24) is 20.3 Å². The third-order valence-corrected chi connectivity index (χ3v) is 6.17. The molecule has 2 heterocycles. The molecule has 0 spiro atoms. The summed E-state index contributed by atoms with van der Waals surface area (Å²) in [5, 5.41) is 4.52. The summed E-state index contributed by atoms with van der Waals surface area (Å²) in [4.78, 5) is 27.2. The maximum Gasteiger partial charge on any atom is 0.230 e. The van der Waals surface area contributed by atoms with E-state index >= 15 is 0 Å². The van der Waals surface area contributed by atoms with Crippen molar-refractivity contribution in [2.24, 2.45) is 0 Å². The number of thiazole rings is 1. The number of nitrogens with one attached hydrogen (secondary N) is 1. The summed E-state index contributed by atoms with van der Waals surface area (Å²) in [5.74, 6) is 1.40. The molecule has 0 radical (unpaired) electrons. The van der Waals surface area contributed by atoms with Crippen LogP contribution in [0.3, 0.4) is 0 Å². The second-order valence-corrected chi connectivity index (χ2v) is 7.88. The number of hydrogen-bond acceptors (Lipinski definition) is 9. The standard InChI is InChI=1S/C18H21N5O3S2/c1-23(2)18-22-16-15(28-18)17(21-10-20-16)27-9-13(24)19-8-11-6-5-7-12(25-3)14(11)26-4/h5-7,10H,8-9H2,1-4H3,(H,19,24). The number of methoxy groups -OCH3 is 2. The van der Waals surface area contributed by atoms with Crippen LogP contribution in [-0.2, 0) is 11.3 Å². The fraction of sp³-hybridized carbons (Fsp3) is 0.333. The van der Waals surface area contributed by atoms with Crippen LogP contribution in [0, 0.1) is 0 Å². The normalized spacial score (nSPS) is 10.7. The SMILES string of the molecule is COc1cccc(CNC(=O)CSc2ncnc3nc(N(C)C)sc23)c1OC. The smallest absolute Gasteiger partial charge is 0.230 e. The molecule has 1 aromatic carbocycles. The molecule has 3 aromatic rings. The molecular weight excluding hydrogens is 398 g/mol. The molecule has 1 amide bonds. The Bertz CT molecular complexity index is 977. The minimum atomic E-state index is -0.0982. The van der Waals surface area contributed by atoms with E-state index in [0.717, 1.165) is 20.4 Å². The van der Waals surface area contributed by atoms with Crippen molar-refractivity contribution in [3.8, 4) is 11.5 Å². The molecule has 0 aliphatic rings. The molecule has 3 rings (SSSR count). The van der Waals surface area contributed by atoms with Crippen LogP contribution >= 0.6 is 23.1 Å². The third-order valence-electron chi connectivity index (χ3n) is 3.83. The van der Waals surface area contributed by atoms with Gasteiger partial charge < -0.3 is 19.7 Å². The van der Waals surface area contributed by atoms with Crippen LogP contribution in [0.1, 0.15) is 5.56 Å². The number of benzene rings is 1. The summed E-state index contributed by atoms with van der Waals surface area (Å²) in [6.07, 6.45) is 1.48. The van der Waals surface area contributed by atoms with Crippen LogP contribution in [0.2, 0.25) is 0 Å². The molecule has 0 bridgehead atoms. The lowest BCUT2D eigenvalue weighted by molar-refractivity contribution is -0.118. The predicted octanol–water partition coefficient (Wildman–Crippen LogP) is 2.58. The van der Waals surface area contributed by atoms with E-state index in [4.69, 9.17) is 9.47 Å². The summed E-state index contributed by atoms with van der Waals surface area (Å²) in [6.45, 7) is 0.351. The monoisotopic (exact) mass is 419 g/mol. The lowest BCUT2D eigenvalue weighted by Gasteiger charge is -2.13. The van der Waals surface area contributed by atoms with Crippen LogP contribution in [0.15, 0.2) is 29.6 Å². The van der Waals surface area contributed by atoms with E-state index in [9.17, 15) is 4.79 Å². The Balaban J connectivity index is 1.63. The first-order chi connectivity index (χ1) is 13.5. The molecule has 148 valence electrons. The van der Waals surface area contributed by atoms with Gasteiger partial charge in [0.2, 0.25) is 5.91 Å². The summed E-state index contributed by atoms with van der Waals surface area (Å²) < 4.78 is 11.6. The van der Waals surface area contributed by atoms with E-state index in [1.165, 1.54) is 29.4 Å². The Morgan fingerprint density at radius 3 is 2.79 bits per heavy atom. The van der Waals surface area contributed by atoms with Crippen molar-refractivity contribution in [3.05, 3.63) is 30.1 Å². The Morgan fingerprint density at radius 1 is 1.25 bits per heavy atom. The summed E-state index contributed by atoms with van der Waals surface area (Å²) in [6, 6.07) is 5.57. The Kier molecular flexibility index (Phi) is 6.53. The molecule has 10 heteroatoms. The molecule has 0 atom stereocenters. The van der Waals surface area contributed by atoms with Gasteiger partial charge in [-0.1, -0.05) is 35.2 Å². The number of aromatic nitrogens is 3. The minimum absolute atomic E-state index is 0.0982. The molecular formula is C18H21N5O3S2. The van der Waals surface area contributed by atoms with Gasteiger partial charge in [-0.05, 0) is 6.07 Å². The van der Waals surface area contributed by atoms with Crippen molar-refractivity contribution in [2.45, 2.75) is 11.6 Å². The third kappa shape index (κ3) is 4.45. The van der Waals surface area contributed by atoms with Crippen molar-refractivity contribution in [1.29, 1.82) is 0 Å². The summed E-state index contributed by atoms with van der Waals surface area (Å²) >= 11 is 2.88. The molecule has 0 aliphatic carbocycles. The van der Waals surface area contributed by atoms with Crippen LogP contribution in [0.25, 0.3) is 10.3 Å². The average Bonchev–Trinajstić information content (AvgIpc) is 3.15. The summed E-state index contributed by atoms with van der Waals surface area (Å²) in [5.41, 5.74) is 1.50. The number of thioether (sulfide) groups is 1. The Morgan fingerprint density at radius 2 is 2.07 bits per heavy atom. The van der Waals surface area contributed by atoms with E-state index in [-0.39, 0.29) is 11.7 Å². The van der Waals surface area contributed by atoms with Gasteiger partial charge in [0.05, 0.1) is 20.0 Å². The predicted molar refractivity (Wildman–Crippen MR) is 112 cm³/mol. The average molecular weight is 420 g/mol. The molecule has 0 aliphatic heterocycles. The van der Waals surface area contributed by atoms with E-state index in [0.29, 0.717) is 23.7 Å². The van der Waals surface area contributed by atoms with Gasteiger partial charge in [-0.15, -0.1) is 0 Å². The highest BCUT2D eigenvalue weighted by atomic mass is 32.2.